The number of imidazole rings is 1. The lowest BCUT2D eigenvalue weighted by Gasteiger charge is -2.26. The molecule has 0 saturated carbocycles. The molecule has 0 saturated heterocycles. The molecule has 0 aliphatic carbocycles. The van der Waals surface area contributed by atoms with E-state index in [1.165, 1.54) is 44.5 Å². The van der Waals surface area contributed by atoms with Gasteiger partial charge in [0.2, 0.25) is 0 Å². The molecular formula is C67H47N3. The number of anilines is 3. The van der Waals surface area contributed by atoms with E-state index in [1.807, 2.05) is 6.07 Å². The highest BCUT2D eigenvalue weighted by molar-refractivity contribution is 5.89. The van der Waals surface area contributed by atoms with Crippen LogP contribution in [0.5, 0.6) is 0 Å². The SMILES string of the molecule is c1ccc(-c2cccc(-c3ccc(N(c4ccc(-c5cccc(-c6ccccc6)c5)cc4)c4ccc(-c5cccc(-c6ccc7c(c6)nc(-c6ccccc6)n7-c6ccccc6)c5)cc4)cc3)c2)cc1. The van der Waals surface area contributed by atoms with Crippen molar-refractivity contribution in [2.24, 2.45) is 0 Å². The summed E-state index contributed by atoms with van der Waals surface area (Å²) in [5.74, 6) is 0.927. The molecule has 330 valence electrons. The summed E-state index contributed by atoms with van der Waals surface area (Å²) in [5.41, 5.74) is 21.6. The summed E-state index contributed by atoms with van der Waals surface area (Å²) in [6.45, 7) is 0. The van der Waals surface area contributed by atoms with Crippen LogP contribution in [0.2, 0.25) is 0 Å². The minimum Gasteiger partial charge on any atom is -0.311 e. The Morgan fingerprint density at radius 3 is 0.943 bits per heavy atom. The van der Waals surface area contributed by atoms with Crippen LogP contribution in [0, 0.1) is 0 Å². The Morgan fingerprint density at radius 2 is 0.543 bits per heavy atom. The molecule has 0 aliphatic rings. The van der Waals surface area contributed by atoms with Crippen molar-refractivity contribution in [1.82, 2.24) is 9.55 Å². The summed E-state index contributed by atoms with van der Waals surface area (Å²) in [5, 5.41) is 0. The smallest absolute Gasteiger partial charge is 0.145 e. The standard InChI is InChI=1S/C67H47N3/c1-5-16-48(17-6-1)54-22-13-24-56(44-54)50-30-37-62(38-31-50)69(63-39-32-51(33-40-63)57-25-14-23-55(45-57)49-18-7-2-8-19-49)64-41-34-52(35-42-64)58-26-15-27-59(46-58)60-36-43-66-65(47-60)68-67(53-20-9-3-10-21-53)70(66)61-28-11-4-12-29-61/h1-47H. The van der Waals surface area contributed by atoms with Crippen LogP contribution in [0.15, 0.2) is 285 Å². The summed E-state index contributed by atoms with van der Waals surface area (Å²) >= 11 is 0. The average molecular weight is 894 g/mol. The summed E-state index contributed by atoms with van der Waals surface area (Å²) in [6, 6.07) is 102. The highest BCUT2D eigenvalue weighted by Gasteiger charge is 2.17. The van der Waals surface area contributed by atoms with E-state index in [9.17, 15) is 0 Å². The van der Waals surface area contributed by atoms with E-state index in [0.29, 0.717) is 0 Å². The van der Waals surface area contributed by atoms with Crippen LogP contribution in [0.4, 0.5) is 17.1 Å². The van der Waals surface area contributed by atoms with Gasteiger partial charge >= 0.3 is 0 Å². The molecule has 3 nitrogen and oxygen atoms in total. The molecule has 1 aromatic heterocycles. The largest absolute Gasteiger partial charge is 0.311 e. The molecule has 1 heterocycles. The first-order chi connectivity index (χ1) is 34.7. The van der Waals surface area contributed by atoms with Crippen molar-refractivity contribution >= 4 is 28.1 Å². The Balaban J connectivity index is 0.874. The molecule has 0 spiro atoms. The summed E-state index contributed by atoms with van der Waals surface area (Å²) < 4.78 is 2.26. The molecule has 0 aliphatic heterocycles. The number of aromatic nitrogens is 2. The molecule has 0 atom stereocenters. The summed E-state index contributed by atoms with van der Waals surface area (Å²) in [4.78, 5) is 7.58. The number of hydrogen-bond acceptors (Lipinski definition) is 2. The van der Waals surface area contributed by atoms with Crippen LogP contribution in [-0.4, -0.2) is 9.55 Å². The normalized spacial score (nSPS) is 11.1. The maximum Gasteiger partial charge on any atom is 0.145 e. The van der Waals surface area contributed by atoms with Gasteiger partial charge in [-0.3, -0.25) is 4.57 Å². The molecular weight excluding hydrogens is 847 g/mol. The first kappa shape index (κ1) is 42.1. The minimum absolute atomic E-state index is 0.927. The molecule has 0 unspecified atom stereocenters. The summed E-state index contributed by atoms with van der Waals surface area (Å²) in [7, 11) is 0. The van der Waals surface area contributed by atoms with Crippen molar-refractivity contribution in [2.75, 3.05) is 4.90 Å². The topological polar surface area (TPSA) is 21.1 Å². The second-order valence-electron chi connectivity index (χ2n) is 17.6. The van der Waals surface area contributed by atoms with Gasteiger partial charge in [-0.2, -0.15) is 0 Å². The minimum atomic E-state index is 0.927. The van der Waals surface area contributed by atoms with Crippen molar-refractivity contribution in [3.63, 3.8) is 0 Å². The summed E-state index contributed by atoms with van der Waals surface area (Å²) in [6.07, 6.45) is 0. The van der Waals surface area contributed by atoms with E-state index in [-0.39, 0.29) is 0 Å². The van der Waals surface area contributed by atoms with Crippen LogP contribution in [0.3, 0.4) is 0 Å². The average Bonchev–Trinajstić information content (AvgIpc) is 3.84. The van der Waals surface area contributed by atoms with Crippen molar-refractivity contribution < 1.29 is 0 Å². The first-order valence-electron chi connectivity index (χ1n) is 23.8. The van der Waals surface area contributed by atoms with Gasteiger partial charge in [0.1, 0.15) is 5.82 Å². The monoisotopic (exact) mass is 893 g/mol. The molecule has 0 bridgehead atoms. The maximum atomic E-state index is 5.23. The van der Waals surface area contributed by atoms with Gasteiger partial charge in [-0.25, -0.2) is 4.98 Å². The van der Waals surface area contributed by atoms with Crippen molar-refractivity contribution in [1.29, 1.82) is 0 Å². The quantitative estimate of drug-likeness (QED) is 0.129. The van der Waals surface area contributed by atoms with Gasteiger partial charge in [0.15, 0.2) is 0 Å². The zero-order chi connectivity index (χ0) is 46.6. The number of rotatable bonds is 11. The molecule has 3 heteroatoms. The van der Waals surface area contributed by atoms with Crippen molar-refractivity contribution in [3.05, 3.63) is 285 Å². The lowest BCUT2D eigenvalue weighted by molar-refractivity contribution is 1.10. The molecule has 11 aromatic carbocycles. The maximum absolute atomic E-state index is 5.23. The molecule has 12 rings (SSSR count). The lowest BCUT2D eigenvalue weighted by Crippen LogP contribution is -2.09. The highest BCUT2D eigenvalue weighted by Crippen LogP contribution is 2.40. The lowest BCUT2D eigenvalue weighted by atomic mass is 9.98. The van der Waals surface area contributed by atoms with Gasteiger partial charge in [0.05, 0.1) is 11.0 Å². The van der Waals surface area contributed by atoms with Crippen LogP contribution in [-0.2, 0) is 0 Å². The van der Waals surface area contributed by atoms with E-state index in [2.05, 4.69) is 289 Å². The Bertz CT molecular complexity index is 3590. The van der Waals surface area contributed by atoms with Gasteiger partial charge in [-0.15, -0.1) is 0 Å². The highest BCUT2D eigenvalue weighted by atomic mass is 15.1. The fourth-order valence-electron chi connectivity index (χ4n) is 9.63. The third-order valence-electron chi connectivity index (χ3n) is 13.2. The van der Waals surface area contributed by atoms with E-state index in [4.69, 9.17) is 4.98 Å². The third kappa shape index (κ3) is 8.49. The van der Waals surface area contributed by atoms with E-state index in [1.54, 1.807) is 0 Å². The zero-order valence-corrected chi connectivity index (χ0v) is 38.5. The Morgan fingerprint density at radius 1 is 0.243 bits per heavy atom. The number of hydrogen-bond donors (Lipinski definition) is 0. The predicted octanol–water partition coefficient (Wildman–Crippen LogP) is 18.2. The molecule has 0 amide bonds. The van der Waals surface area contributed by atoms with Crippen LogP contribution in [0.25, 0.3) is 94.9 Å². The van der Waals surface area contributed by atoms with Crippen LogP contribution < -0.4 is 4.90 Å². The van der Waals surface area contributed by atoms with Gasteiger partial charge < -0.3 is 4.90 Å². The number of para-hydroxylation sites is 1. The molecule has 0 radical (unpaired) electrons. The van der Waals surface area contributed by atoms with Gasteiger partial charge in [0.25, 0.3) is 0 Å². The molecule has 12 aromatic rings. The van der Waals surface area contributed by atoms with Gasteiger partial charge in [-0.05, 0) is 146 Å². The number of nitrogens with zero attached hydrogens (tertiary/aromatic N) is 3. The molecule has 0 fully saturated rings. The second kappa shape index (κ2) is 18.8. The third-order valence-corrected chi connectivity index (χ3v) is 13.2. The predicted molar refractivity (Wildman–Crippen MR) is 294 cm³/mol. The van der Waals surface area contributed by atoms with Crippen molar-refractivity contribution in [2.45, 2.75) is 0 Å². The first-order valence-corrected chi connectivity index (χ1v) is 23.8. The van der Waals surface area contributed by atoms with E-state index >= 15 is 0 Å². The Labute approximate surface area is 409 Å². The zero-order valence-electron chi connectivity index (χ0n) is 38.5. The number of benzene rings is 11. The van der Waals surface area contributed by atoms with Gasteiger partial charge in [-0.1, -0.05) is 206 Å². The Hall–Kier alpha value is -9.31. The number of fused-ring (bicyclic) bond motifs is 1. The fraction of sp³-hybridized carbons (Fsp3) is 0. The molecule has 70 heavy (non-hydrogen) atoms. The van der Waals surface area contributed by atoms with Crippen LogP contribution in [0.1, 0.15) is 0 Å². The fourth-order valence-corrected chi connectivity index (χ4v) is 9.63. The van der Waals surface area contributed by atoms with Crippen molar-refractivity contribution in [3.8, 4) is 83.8 Å². The Kier molecular flexibility index (Phi) is 11.3. The second-order valence-corrected chi connectivity index (χ2v) is 17.6. The van der Waals surface area contributed by atoms with E-state index < -0.39 is 0 Å². The van der Waals surface area contributed by atoms with Crippen LogP contribution >= 0.6 is 0 Å². The molecule has 0 N–H and O–H groups in total. The van der Waals surface area contributed by atoms with E-state index in [0.717, 1.165) is 67.4 Å². The van der Waals surface area contributed by atoms with Gasteiger partial charge in [0, 0.05) is 28.3 Å².